The highest BCUT2D eigenvalue weighted by Crippen LogP contribution is 2.33. The van der Waals surface area contributed by atoms with Crippen molar-refractivity contribution in [1.82, 2.24) is 4.90 Å². The van der Waals surface area contributed by atoms with Gasteiger partial charge in [0.25, 0.3) is 0 Å². The van der Waals surface area contributed by atoms with E-state index in [1.807, 2.05) is 36.1 Å². The summed E-state index contributed by atoms with van der Waals surface area (Å²) in [5.74, 6) is 0.722. The minimum atomic E-state index is -0.364. The van der Waals surface area contributed by atoms with E-state index in [0.717, 1.165) is 36.9 Å². The molecule has 1 heterocycles. The van der Waals surface area contributed by atoms with E-state index in [1.54, 1.807) is 11.8 Å². The minimum absolute atomic E-state index is 0.0743. The summed E-state index contributed by atoms with van der Waals surface area (Å²) < 4.78 is 0. The van der Waals surface area contributed by atoms with Crippen molar-refractivity contribution < 1.29 is 9.59 Å². The summed E-state index contributed by atoms with van der Waals surface area (Å²) in [5, 5.41) is 3.10. The summed E-state index contributed by atoms with van der Waals surface area (Å²) >= 11 is 1.73. The van der Waals surface area contributed by atoms with Crippen molar-refractivity contribution in [2.24, 2.45) is 0 Å². The van der Waals surface area contributed by atoms with Crippen molar-refractivity contribution in [3.63, 3.8) is 0 Å². The number of hydrogen-bond acceptors (Lipinski definition) is 3. The van der Waals surface area contributed by atoms with Crippen molar-refractivity contribution in [2.45, 2.75) is 64.3 Å². The Morgan fingerprint density at radius 3 is 2.54 bits per heavy atom. The highest BCUT2D eigenvalue weighted by molar-refractivity contribution is 8.00. The van der Waals surface area contributed by atoms with E-state index >= 15 is 0 Å². The second-order valence-corrected chi connectivity index (χ2v) is 7.56. The summed E-state index contributed by atoms with van der Waals surface area (Å²) in [6, 6.07) is 7.40. The fraction of sp³-hybridized carbons (Fsp3) is 0.579. The number of unbranched alkanes of at least 4 members (excludes halogenated alkanes) is 1. The molecule has 0 radical (unpaired) electrons. The number of hydrogen-bond donors (Lipinski definition) is 1. The number of nitrogens with one attached hydrogen (secondary N) is 1. The number of thioether (sulfide) groups is 1. The monoisotopic (exact) mass is 348 g/mol. The molecule has 2 unspecified atom stereocenters. The third-order valence-corrected chi connectivity index (χ3v) is 5.64. The Balaban J connectivity index is 2.08. The SMILES string of the molecule is CCCCC(=O)N1C(CCC)SCC1C(=O)Nc1ccc(C)cc1. The standard InChI is InChI=1S/C19H28N2O2S/c1-4-6-8-17(22)21-16(13-24-18(21)7-5-2)19(23)20-15-11-9-14(3)10-12-15/h9-12,16,18H,4-8,13H2,1-3H3,(H,20,23). The molecule has 2 amide bonds. The second-order valence-electron chi connectivity index (χ2n) is 6.35. The Morgan fingerprint density at radius 2 is 1.92 bits per heavy atom. The summed E-state index contributed by atoms with van der Waals surface area (Å²) in [6.45, 7) is 6.22. The molecule has 0 saturated carbocycles. The van der Waals surface area contributed by atoms with E-state index in [-0.39, 0.29) is 23.2 Å². The predicted octanol–water partition coefficient (Wildman–Crippen LogP) is 4.19. The molecular weight excluding hydrogens is 320 g/mol. The average Bonchev–Trinajstić information content (AvgIpc) is 2.99. The molecule has 1 fully saturated rings. The van der Waals surface area contributed by atoms with Crippen molar-refractivity contribution in [3.8, 4) is 0 Å². The lowest BCUT2D eigenvalue weighted by atomic mass is 10.1. The van der Waals surface area contributed by atoms with Crippen LogP contribution in [-0.2, 0) is 9.59 Å². The molecule has 1 saturated heterocycles. The van der Waals surface area contributed by atoms with E-state index in [9.17, 15) is 9.59 Å². The average molecular weight is 349 g/mol. The van der Waals surface area contributed by atoms with Crippen LogP contribution in [-0.4, -0.2) is 33.9 Å². The molecule has 1 N–H and O–H groups in total. The van der Waals surface area contributed by atoms with E-state index in [0.29, 0.717) is 12.2 Å². The van der Waals surface area contributed by atoms with Gasteiger partial charge < -0.3 is 10.2 Å². The van der Waals surface area contributed by atoms with Crippen molar-refractivity contribution in [1.29, 1.82) is 0 Å². The Kier molecular flexibility index (Phi) is 7.16. The van der Waals surface area contributed by atoms with Gasteiger partial charge in [0.2, 0.25) is 11.8 Å². The van der Waals surface area contributed by atoms with E-state index < -0.39 is 0 Å². The van der Waals surface area contributed by atoms with Crippen LogP contribution >= 0.6 is 11.8 Å². The molecule has 24 heavy (non-hydrogen) atoms. The number of anilines is 1. The molecule has 1 aliphatic heterocycles. The first-order valence-electron chi connectivity index (χ1n) is 8.87. The maximum absolute atomic E-state index is 12.7. The predicted molar refractivity (Wildman–Crippen MR) is 101 cm³/mol. The maximum Gasteiger partial charge on any atom is 0.248 e. The Bertz CT molecular complexity index is 559. The third-order valence-electron chi connectivity index (χ3n) is 4.28. The summed E-state index contributed by atoms with van der Waals surface area (Å²) in [5.41, 5.74) is 1.94. The lowest BCUT2D eigenvalue weighted by Gasteiger charge is -2.29. The minimum Gasteiger partial charge on any atom is -0.324 e. The van der Waals surface area contributed by atoms with Gasteiger partial charge in [-0.05, 0) is 31.9 Å². The van der Waals surface area contributed by atoms with Crippen LogP contribution in [0.3, 0.4) is 0 Å². The zero-order valence-corrected chi connectivity index (χ0v) is 15.7. The van der Waals surface area contributed by atoms with Gasteiger partial charge >= 0.3 is 0 Å². The van der Waals surface area contributed by atoms with Gasteiger partial charge in [0.15, 0.2) is 0 Å². The first-order chi connectivity index (χ1) is 11.6. The molecule has 5 heteroatoms. The number of benzene rings is 1. The van der Waals surface area contributed by atoms with Gasteiger partial charge in [0.05, 0.1) is 5.37 Å². The molecule has 0 aromatic heterocycles. The van der Waals surface area contributed by atoms with E-state index in [4.69, 9.17) is 0 Å². The first-order valence-corrected chi connectivity index (χ1v) is 9.92. The lowest BCUT2D eigenvalue weighted by Crippen LogP contribution is -2.47. The molecule has 1 aromatic rings. The van der Waals surface area contributed by atoms with Crippen molar-refractivity contribution in [3.05, 3.63) is 29.8 Å². The first kappa shape index (κ1) is 18.8. The molecular formula is C19H28N2O2S. The van der Waals surface area contributed by atoms with E-state index in [2.05, 4.69) is 19.2 Å². The lowest BCUT2D eigenvalue weighted by molar-refractivity contribution is -0.138. The summed E-state index contributed by atoms with van der Waals surface area (Å²) in [6.07, 6.45) is 4.36. The Labute approximate surface area is 149 Å². The van der Waals surface area contributed by atoms with Crippen molar-refractivity contribution in [2.75, 3.05) is 11.1 Å². The Morgan fingerprint density at radius 1 is 1.21 bits per heavy atom. The van der Waals surface area contributed by atoms with Crippen molar-refractivity contribution >= 4 is 29.3 Å². The van der Waals surface area contributed by atoms with E-state index in [1.165, 1.54) is 0 Å². The molecule has 0 aliphatic carbocycles. The topological polar surface area (TPSA) is 49.4 Å². The Hall–Kier alpha value is -1.49. The van der Waals surface area contributed by atoms with Crippen LogP contribution in [0.4, 0.5) is 5.69 Å². The molecule has 1 aromatic carbocycles. The van der Waals surface area contributed by atoms with Crippen LogP contribution in [0.15, 0.2) is 24.3 Å². The number of carbonyl (C=O) groups is 2. The zero-order chi connectivity index (χ0) is 17.5. The van der Waals surface area contributed by atoms with Gasteiger partial charge in [-0.15, -0.1) is 11.8 Å². The van der Waals surface area contributed by atoms with Crippen LogP contribution in [0.2, 0.25) is 0 Å². The number of nitrogens with zero attached hydrogens (tertiary/aromatic N) is 1. The zero-order valence-electron chi connectivity index (χ0n) is 14.9. The quantitative estimate of drug-likeness (QED) is 0.803. The number of amides is 2. The van der Waals surface area contributed by atoms with Crippen LogP contribution in [0.5, 0.6) is 0 Å². The molecule has 2 rings (SSSR count). The van der Waals surface area contributed by atoms with Gasteiger partial charge in [-0.25, -0.2) is 0 Å². The third kappa shape index (κ3) is 4.76. The highest BCUT2D eigenvalue weighted by atomic mass is 32.2. The fourth-order valence-electron chi connectivity index (χ4n) is 2.89. The maximum atomic E-state index is 12.7. The van der Waals surface area contributed by atoms with Crippen LogP contribution < -0.4 is 5.32 Å². The van der Waals surface area contributed by atoms with Crippen LogP contribution in [0.25, 0.3) is 0 Å². The fourth-order valence-corrected chi connectivity index (χ4v) is 4.43. The molecule has 132 valence electrons. The number of carbonyl (C=O) groups excluding carboxylic acids is 2. The van der Waals surface area contributed by atoms with Gasteiger partial charge in [0.1, 0.15) is 6.04 Å². The number of aryl methyl sites for hydroxylation is 1. The van der Waals surface area contributed by atoms with Gasteiger partial charge in [-0.3, -0.25) is 9.59 Å². The molecule has 0 spiro atoms. The molecule has 2 atom stereocenters. The highest BCUT2D eigenvalue weighted by Gasteiger charge is 2.40. The van der Waals surface area contributed by atoms with Gasteiger partial charge in [0, 0.05) is 17.9 Å². The largest absolute Gasteiger partial charge is 0.324 e. The summed E-state index contributed by atoms with van der Waals surface area (Å²) in [7, 11) is 0. The smallest absolute Gasteiger partial charge is 0.248 e. The normalized spacial score (nSPS) is 20.2. The number of rotatable bonds is 7. The van der Waals surface area contributed by atoms with Crippen LogP contribution in [0, 0.1) is 6.92 Å². The summed E-state index contributed by atoms with van der Waals surface area (Å²) in [4.78, 5) is 27.2. The molecule has 0 bridgehead atoms. The van der Waals surface area contributed by atoms with Gasteiger partial charge in [-0.1, -0.05) is 44.4 Å². The molecule has 1 aliphatic rings. The van der Waals surface area contributed by atoms with Gasteiger partial charge in [-0.2, -0.15) is 0 Å². The second kappa shape index (κ2) is 9.11. The van der Waals surface area contributed by atoms with Crippen LogP contribution in [0.1, 0.15) is 51.5 Å². The molecule has 4 nitrogen and oxygen atoms in total.